The number of aromatic nitrogens is 1. The van der Waals surface area contributed by atoms with Gasteiger partial charge in [0.25, 0.3) is 0 Å². The smallest absolute Gasteiger partial charge is 0.243 e. The number of piperazine rings is 1. The lowest BCUT2D eigenvalue weighted by Gasteiger charge is -2.35. The van der Waals surface area contributed by atoms with Crippen molar-refractivity contribution in [2.45, 2.75) is 16.7 Å². The molecule has 0 radical (unpaired) electrons. The molecule has 7 nitrogen and oxygen atoms in total. The van der Waals surface area contributed by atoms with E-state index >= 15 is 0 Å². The first-order valence-electron chi connectivity index (χ1n) is 8.16. The Balaban J connectivity index is 1.90. The van der Waals surface area contributed by atoms with Gasteiger partial charge < -0.3 is 5.32 Å². The zero-order chi connectivity index (χ0) is 18.8. The van der Waals surface area contributed by atoms with Crippen molar-refractivity contribution in [3.05, 3.63) is 59.9 Å². The van der Waals surface area contributed by atoms with Crippen molar-refractivity contribution < 1.29 is 16.8 Å². The van der Waals surface area contributed by atoms with E-state index in [-0.39, 0.29) is 16.7 Å². The molecule has 0 amide bonds. The summed E-state index contributed by atoms with van der Waals surface area (Å²) in [5, 5.41) is 3.22. The molecule has 1 saturated heterocycles. The van der Waals surface area contributed by atoms with Crippen molar-refractivity contribution in [3.63, 3.8) is 0 Å². The number of rotatable bonds is 5. The summed E-state index contributed by atoms with van der Waals surface area (Å²) < 4.78 is 50.5. The first-order valence-corrected chi connectivity index (χ1v) is 11.7. The largest absolute Gasteiger partial charge is 0.313 e. The molecule has 1 aromatic heterocycles. The molecular formula is C17H21N3O4S2. The highest BCUT2D eigenvalue weighted by atomic mass is 32.2. The lowest BCUT2D eigenvalue weighted by molar-refractivity contribution is 0.271. The Labute approximate surface area is 154 Å². The molecular weight excluding hydrogens is 374 g/mol. The van der Waals surface area contributed by atoms with Crippen LogP contribution in [0.15, 0.2) is 53.7 Å². The fourth-order valence-corrected chi connectivity index (χ4v) is 5.44. The van der Waals surface area contributed by atoms with Gasteiger partial charge in [0.2, 0.25) is 10.0 Å². The van der Waals surface area contributed by atoms with E-state index in [1.54, 1.807) is 30.6 Å². The third-order valence-corrected chi connectivity index (χ3v) is 7.00. The van der Waals surface area contributed by atoms with Gasteiger partial charge >= 0.3 is 0 Å². The van der Waals surface area contributed by atoms with Crippen molar-refractivity contribution >= 4 is 19.9 Å². The van der Waals surface area contributed by atoms with Crippen molar-refractivity contribution in [3.8, 4) is 0 Å². The molecule has 1 N–H and O–H groups in total. The predicted octanol–water partition coefficient (Wildman–Crippen LogP) is 0.961. The van der Waals surface area contributed by atoms with Crippen LogP contribution in [0.1, 0.15) is 17.2 Å². The molecule has 1 atom stereocenters. The molecule has 1 aromatic carbocycles. The van der Waals surface area contributed by atoms with Crippen molar-refractivity contribution in [2.75, 3.05) is 25.9 Å². The summed E-state index contributed by atoms with van der Waals surface area (Å²) in [7, 11) is -6.87. The van der Waals surface area contributed by atoms with Gasteiger partial charge in [-0.05, 0) is 29.3 Å². The van der Waals surface area contributed by atoms with Crippen LogP contribution in [-0.4, -0.2) is 52.0 Å². The van der Waals surface area contributed by atoms with Gasteiger partial charge in [-0.15, -0.1) is 0 Å². The van der Waals surface area contributed by atoms with Crippen LogP contribution in [-0.2, 0) is 25.6 Å². The predicted molar refractivity (Wildman–Crippen MR) is 98.7 cm³/mol. The van der Waals surface area contributed by atoms with E-state index in [2.05, 4.69) is 10.3 Å². The monoisotopic (exact) mass is 395 g/mol. The number of hydrogen-bond donors (Lipinski definition) is 1. The normalized spacial score (nSPS) is 19.3. The highest BCUT2D eigenvalue weighted by Gasteiger charge is 2.34. The van der Waals surface area contributed by atoms with Gasteiger partial charge in [-0.3, -0.25) is 4.98 Å². The second kappa shape index (κ2) is 7.43. The molecule has 2 aromatic rings. The number of nitrogens with zero attached hydrogens (tertiary/aromatic N) is 2. The number of nitrogens with one attached hydrogen (secondary N) is 1. The van der Waals surface area contributed by atoms with Crippen LogP contribution in [0.25, 0.3) is 0 Å². The van der Waals surface area contributed by atoms with Crippen LogP contribution < -0.4 is 5.32 Å². The van der Waals surface area contributed by atoms with Crippen LogP contribution in [0.2, 0.25) is 0 Å². The summed E-state index contributed by atoms with van der Waals surface area (Å²) in [6.07, 6.45) is 4.48. The quantitative estimate of drug-likeness (QED) is 0.810. The van der Waals surface area contributed by atoms with Crippen LogP contribution in [0.5, 0.6) is 0 Å². The van der Waals surface area contributed by atoms with Gasteiger partial charge in [-0.25, -0.2) is 16.8 Å². The molecule has 2 heterocycles. The molecule has 1 aliphatic rings. The molecule has 0 bridgehead atoms. The van der Waals surface area contributed by atoms with Gasteiger partial charge in [0, 0.05) is 38.3 Å². The van der Waals surface area contributed by atoms with Gasteiger partial charge in [0.15, 0.2) is 9.84 Å². The zero-order valence-electron chi connectivity index (χ0n) is 14.4. The van der Waals surface area contributed by atoms with Crippen molar-refractivity contribution in [2.24, 2.45) is 0 Å². The summed E-state index contributed by atoms with van der Waals surface area (Å²) in [6, 6.07) is 9.36. The second-order valence-electron chi connectivity index (χ2n) is 6.34. The minimum Gasteiger partial charge on any atom is -0.313 e. The third kappa shape index (κ3) is 4.29. The molecule has 26 heavy (non-hydrogen) atoms. The summed E-state index contributed by atoms with van der Waals surface area (Å²) in [5.41, 5.74) is 1.40. The molecule has 1 fully saturated rings. The van der Waals surface area contributed by atoms with E-state index in [4.69, 9.17) is 0 Å². The Morgan fingerprint density at radius 3 is 2.50 bits per heavy atom. The fourth-order valence-electron chi connectivity index (χ4n) is 3.03. The molecule has 1 aliphatic heterocycles. The maximum absolute atomic E-state index is 13.1. The lowest BCUT2D eigenvalue weighted by atomic mass is 10.1. The molecule has 0 spiro atoms. The average Bonchev–Trinajstić information content (AvgIpc) is 2.61. The first kappa shape index (κ1) is 19.0. The number of sulfone groups is 1. The summed E-state index contributed by atoms with van der Waals surface area (Å²) in [4.78, 5) is 4.25. The average molecular weight is 396 g/mol. The highest BCUT2D eigenvalue weighted by molar-refractivity contribution is 7.90. The maximum atomic E-state index is 13.1. The number of sulfonamides is 1. The van der Waals surface area contributed by atoms with Gasteiger partial charge in [0.1, 0.15) is 0 Å². The molecule has 3 rings (SSSR count). The van der Waals surface area contributed by atoms with E-state index in [1.165, 1.54) is 16.4 Å². The Kier molecular flexibility index (Phi) is 5.42. The van der Waals surface area contributed by atoms with Crippen LogP contribution >= 0.6 is 0 Å². The van der Waals surface area contributed by atoms with Gasteiger partial charge in [-0.1, -0.05) is 18.2 Å². The summed E-state index contributed by atoms with van der Waals surface area (Å²) in [6.45, 7) is 1.44. The molecule has 0 saturated carbocycles. The van der Waals surface area contributed by atoms with E-state index in [0.29, 0.717) is 25.2 Å². The van der Waals surface area contributed by atoms with E-state index < -0.39 is 19.9 Å². The summed E-state index contributed by atoms with van der Waals surface area (Å²) in [5.74, 6) is -0.112. The topological polar surface area (TPSA) is 96.4 Å². The van der Waals surface area contributed by atoms with Crippen molar-refractivity contribution in [1.29, 1.82) is 0 Å². The van der Waals surface area contributed by atoms with Gasteiger partial charge in [-0.2, -0.15) is 4.31 Å². The third-order valence-electron chi connectivity index (χ3n) is 4.22. The zero-order valence-corrected chi connectivity index (χ0v) is 16.0. The molecule has 0 aliphatic carbocycles. The molecule has 9 heteroatoms. The summed E-state index contributed by atoms with van der Waals surface area (Å²) >= 11 is 0. The first-order chi connectivity index (χ1) is 12.3. The molecule has 140 valence electrons. The minimum atomic E-state index is -3.70. The minimum absolute atomic E-state index is 0.112. The Morgan fingerprint density at radius 1 is 1.15 bits per heavy atom. The lowest BCUT2D eigenvalue weighted by Crippen LogP contribution is -2.48. The van der Waals surface area contributed by atoms with E-state index in [1.807, 2.05) is 6.07 Å². The number of benzene rings is 1. The number of hydrogen-bond acceptors (Lipinski definition) is 6. The van der Waals surface area contributed by atoms with Gasteiger partial charge in [0.05, 0.1) is 16.7 Å². The Bertz CT molecular complexity index is 959. The van der Waals surface area contributed by atoms with E-state index in [0.717, 1.165) is 11.8 Å². The second-order valence-corrected chi connectivity index (χ2v) is 10.4. The number of pyridine rings is 1. The maximum Gasteiger partial charge on any atom is 0.243 e. The Hall–Kier alpha value is -1.81. The van der Waals surface area contributed by atoms with E-state index in [9.17, 15) is 16.8 Å². The standard InChI is InChI=1S/C17H21N3O4S2/c1-25(21,22)13-14-4-6-16(7-5-14)26(23,24)20-10-9-19-12-17(20)15-3-2-8-18-11-15/h2-8,11,17,19H,9-10,12-13H2,1H3. The fraction of sp³-hybridized carbons (Fsp3) is 0.353. The SMILES string of the molecule is CS(=O)(=O)Cc1ccc(S(=O)(=O)N2CCNCC2c2cccnc2)cc1. The molecule has 1 unspecified atom stereocenters. The van der Waals surface area contributed by atoms with Crippen molar-refractivity contribution in [1.82, 2.24) is 14.6 Å². The Morgan fingerprint density at radius 2 is 1.88 bits per heavy atom. The highest BCUT2D eigenvalue weighted by Crippen LogP contribution is 2.28. The van der Waals surface area contributed by atoms with Crippen LogP contribution in [0.3, 0.4) is 0 Å². The van der Waals surface area contributed by atoms with Crippen LogP contribution in [0.4, 0.5) is 0 Å². The van der Waals surface area contributed by atoms with Crippen LogP contribution in [0, 0.1) is 0 Å².